The first-order valence-corrected chi connectivity index (χ1v) is 17.7. The molecule has 0 aliphatic carbocycles. The minimum Gasteiger partial charge on any atom is -0.492 e. The molecule has 6 nitrogen and oxygen atoms in total. The maximum Gasteiger partial charge on any atom is 0.120 e. The second kappa shape index (κ2) is 16.1. The number of likely N-dealkylation sites (tertiary alicyclic amines) is 1. The summed E-state index contributed by atoms with van der Waals surface area (Å²) >= 11 is 0. The lowest BCUT2D eigenvalue weighted by Gasteiger charge is -2.31. The lowest BCUT2D eigenvalue weighted by Crippen LogP contribution is -2.41. The Morgan fingerprint density at radius 3 is 1.96 bits per heavy atom. The van der Waals surface area contributed by atoms with Gasteiger partial charge in [-0.15, -0.1) is 0 Å². The van der Waals surface area contributed by atoms with Crippen LogP contribution in [0.5, 0.6) is 17.2 Å². The molecule has 0 bridgehead atoms. The van der Waals surface area contributed by atoms with Crippen LogP contribution in [0.4, 0.5) is 0 Å². The minimum absolute atomic E-state index is 0.334. The van der Waals surface area contributed by atoms with E-state index < -0.39 is 0 Å². The number of benzene rings is 5. The van der Waals surface area contributed by atoms with Crippen molar-refractivity contribution in [2.45, 2.75) is 45.6 Å². The topological polar surface area (TPSA) is 45.1 Å². The van der Waals surface area contributed by atoms with E-state index in [2.05, 4.69) is 107 Å². The highest BCUT2D eigenvalue weighted by Crippen LogP contribution is 2.37. The van der Waals surface area contributed by atoms with Gasteiger partial charge < -0.3 is 23.5 Å². The molecule has 6 heteroatoms. The first kappa shape index (κ1) is 33.5. The fraction of sp³-hybridized carbons (Fsp3) is 0.273. The van der Waals surface area contributed by atoms with E-state index in [1.165, 1.54) is 34.1 Å². The highest BCUT2D eigenvalue weighted by molar-refractivity contribution is 5.92. The van der Waals surface area contributed by atoms with Gasteiger partial charge in [0.15, 0.2) is 0 Å². The molecule has 256 valence electrons. The van der Waals surface area contributed by atoms with Crippen LogP contribution in [0.1, 0.15) is 35.1 Å². The zero-order valence-electron chi connectivity index (χ0n) is 29.1. The van der Waals surface area contributed by atoms with Gasteiger partial charge in [0.25, 0.3) is 0 Å². The smallest absolute Gasteiger partial charge is 0.120 e. The molecule has 1 saturated heterocycles. The number of aromatic nitrogens is 1. The quantitative estimate of drug-likeness (QED) is 0.116. The van der Waals surface area contributed by atoms with E-state index in [1.54, 1.807) is 0 Å². The van der Waals surface area contributed by atoms with Crippen molar-refractivity contribution < 1.29 is 18.9 Å². The summed E-state index contributed by atoms with van der Waals surface area (Å²) in [4.78, 5) is 2.44. The van der Waals surface area contributed by atoms with Crippen LogP contribution in [0.15, 0.2) is 127 Å². The van der Waals surface area contributed by atoms with Crippen molar-refractivity contribution in [1.82, 2.24) is 9.47 Å². The highest BCUT2D eigenvalue weighted by atomic mass is 16.5. The third-order valence-corrected chi connectivity index (χ3v) is 9.65. The van der Waals surface area contributed by atoms with Crippen molar-refractivity contribution in [2.75, 3.05) is 33.4 Å². The molecule has 1 unspecified atom stereocenters. The molecule has 1 aromatic heterocycles. The van der Waals surface area contributed by atoms with Gasteiger partial charge in [-0.25, -0.2) is 0 Å². The first-order valence-electron chi connectivity index (χ1n) is 17.7. The van der Waals surface area contributed by atoms with E-state index in [1.807, 2.05) is 43.5 Å². The van der Waals surface area contributed by atoms with Gasteiger partial charge in [-0.1, -0.05) is 72.8 Å². The molecule has 1 atom stereocenters. The Morgan fingerprint density at radius 2 is 1.28 bits per heavy atom. The van der Waals surface area contributed by atoms with Crippen LogP contribution in [-0.4, -0.2) is 48.9 Å². The molecule has 7 rings (SSSR count). The maximum atomic E-state index is 6.25. The zero-order valence-corrected chi connectivity index (χ0v) is 29.1. The Labute approximate surface area is 295 Å². The molecule has 1 aliphatic rings. The van der Waals surface area contributed by atoms with Crippen LogP contribution in [0.2, 0.25) is 0 Å². The number of hydrogen-bond acceptors (Lipinski definition) is 5. The zero-order chi connectivity index (χ0) is 34.1. The summed E-state index contributed by atoms with van der Waals surface area (Å²) in [7, 11) is 1.81. The van der Waals surface area contributed by atoms with Crippen molar-refractivity contribution in [1.29, 1.82) is 0 Å². The van der Waals surface area contributed by atoms with Crippen molar-refractivity contribution in [3.63, 3.8) is 0 Å². The van der Waals surface area contributed by atoms with Gasteiger partial charge in [-0.3, -0.25) is 4.90 Å². The average molecular weight is 667 g/mol. The number of fused-ring (bicyclic) bond motifs is 1. The van der Waals surface area contributed by atoms with Gasteiger partial charge in [-0.05, 0) is 109 Å². The van der Waals surface area contributed by atoms with E-state index in [0.29, 0.717) is 25.9 Å². The Bertz CT molecular complexity index is 1950. The Hall–Kier alpha value is -5.04. The number of hydrogen-bond donors (Lipinski definition) is 0. The summed E-state index contributed by atoms with van der Waals surface area (Å²) in [5.74, 6) is 2.61. The summed E-state index contributed by atoms with van der Waals surface area (Å²) in [5, 5.41) is 1.18. The van der Waals surface area contributed by atoms with E-state index >= 15 is 0 Å². The summed E-state index contributed by atoms with van der Waals surface area (Å²) in [5.41, 5.74) is 8.23. The van der Waals surface area contributed by atoms with Crippen molar-refractivity contribution in [3.8, 4) is 28.5 Å². The number of nitrogens with zero attached hydrogens (tertiary/aromatic N) is 2. The second-order valence-corrected chi connectivity index (χ2v) is 13.1. The lowest BCUT2D eigenvalue weighted by atomic mass is 10.1. The van der Waals surface area contributed by atoms with Gasteiger partial charge in [0, 0.05) is 37.6 Å². The number of piperidine rings is 1. The molecule has 0 amide bonds. The molecule has 6 aromatic rings. The van der Waals surface area contributed by atoms with Crippen LogP contribution >= 0.6 is 0 Å². The van der Waals surface area contributed by atoms with Gasteiger partial charge in [0.2, 0.25) is 0 Å². The molecular formula is C44H46N2O4. The third kappa shape index (κ3) is 8.21. The molecular weight excluding hydrogens is 620 g/mol. The summed E-state index contributed by atoms with van der Waals surface area (Å²) in [6.45, 7) is 7.68. The summed E-state index contributed by atoms with van der Waals surface area (Å²) in [6.07, 6.45) is 2.66. The molecule has 0 spiro atoms. The van der Waals surface area contributed by atoms with Crippen LogP contribution in [0, 0.1) is 6.92 Å². The van der Waals surface area contributed by atoms with Gasteiger partial charge >= 0.3 is 0 Å². The Morgan fingerprint density at radius 1 is 0.660 bits per heavy atom. The van der Waals surface area contributed by atoms with E-state index in [9.17, 15) is 0 Å². The Kier molecular flexibility index (Phi) is 10.8. The van der Waals surface area contributed by atoms with Crippen LogP contribution in [-0.2, 0) is 24.5 Å². The summed E-state index contributed by atoms with van der Waals surface area (Å²) < 4.78 is 26.5. The Balaban J connectivity index is 1.10. The predicted octanol–water partition coefficient (Wildman–Crippen LogP) is 9.31. The summed E-state index contributed by atoms with van der Waals surface area (Å²) in [6, 6.07) is 44.0. The van der Waals surface area contributed by atoms with Crippen LogP contribution < -0.4 is 14.2 Å². The number of aryl methyl sites for hydroxylation is 1. The number of ether oxygens (including phenoxy) is 4. The van der Waals surface area contributed by atoms with Crippen LogP contribution in [0.3, 0.4) is 0 Å². The standard InChI is InChI=1S/C44H46N2O4/c1-33-42-28-40(50-32-36-12-7-4-8-13-36)23-24-43(42)46(44(33)37-17-21-39(22-18-37)49-31-35-10-5-3-6-11-35)29-34-15-19-38(20-16-34)48-27-26-45-25-9-14-41(30-45)47-2/h3-8,10-13,15-24,28,41H,9,14,25-27,29-32H2,1-2H3. The van der Waals surface area contributed by atoms with E-state index in [0.717, 1.165) is 66.5 Å². The molecule has 0 N–H and O–H groups in total. The van der Waals surface area contributed by atoms with E-state index in [4.69, 9.17) is 18.9 Å². The van der Waals surface area contributed by atoms with E-state index in [-0.39, 0.29) is 0 Å². The molecule has 1 aliphatic heterocycles. The van der Waals surface area contributed by atoms with Gasteiger partial charge in [0.05, 0.1) is 11.8 Å². The van der Waals surface area contributed by atoms with Gasteiger partial charge in [0.1, 0.15) is 37.1 Å². The predicted molar refractivity (Wildman–Crippen MR) is 201 cm³/mol. The minimum atomic E-state index is 0.334. The molecule has 0 radical (unpaired) electrons. The fourth-order valence-corrected chi connectivity index (χ4v) is 6.89. The van der Waals surface area contributed by atoms with Crippen molar-refractivity contribution in [3.05, 3.63) is 150 Å². The maximum absolute atomic E-state index is 6.25. The molecule has 50 heavy (non-hydrogen) atoms. The second-order valence-electron chi connectivity index (χ2n) is 13.1. The first-order chi connectivity index (χ1) is 24.6. The molecule has 0 saturated carbocycles. The largest absolute Gasteiger partial charge is 0.492 e. The molecule has 5 aromatic carbocycles. The average Bonchev–Trinajstić information content (AvgIpc) is 3.44. The van der Waals surface area contributed by atoms with Gasteiger partial charge in [-0.2, -0.15) is 0 Å². The number of methoxy groups -OCH3 is 1. The normalized spacial score (nSPS) is 14.9. The van der Waals surface area contributed by atoms with Crippen molar-refractivity contribution in [2.24, 2.45) is 0 Å². The third-order valence-electron chi connectivity index (χ3n) is 9.65. The van der Waals surface area contributed by atoms with Crippen molar-refractivity contribution >= 4 is 10.9 Å². The SMILES string of the molecule is COC1CCCN(CCOc2ccc(Cn3c(-c4ccc(OCc5ccccc5)cc4)c(C)c4cc(OCc5ccccc5)ccc43)cc2)C1. The lowest BCUT2D eigenvalue weighted by molar-refractivity contribution is 0.0272. The molecule has 1 fully saturated rings. The molecule has 2 heterocycles. The highest BCUT2D eigenvalue weighted by Gasteiger charge is 2.20. The monoisotopic (exact) mass is 666 g/mol. The fourth-order valence-electron chi connectivity index (χ4n) is 6.89. The number of rotatable bonds is 14. The van der Waals surface area contributed by atoms with Crippen LogP contribution in [0.25, 0.3) is 22.2 Å².